The molecule has 0 saturated carbocycles. The van der Waals surface area contributed by atoms with Gasteiger partial charge in [0.05, 0.1) is 12.7 Å². The Hall–Kier alpha value is -2.05. The molecule has 126 valence electrons. The highest BCUT2D eigenvalue weighted by molar-refractivity contribution is 9.10. The third-order valence-corrected chi connectivity index (χ3v) is 4.12. The Kier molecular flexibility index (Phi) is 6.23. The fourth-order valence-corrected chi connectivity index (χ4v) is 2.59. The number of nitrogens with one attached hydrogen (secondary N) is 1. The molecule has 0 unspecified atom stereocenters. The zero-order valence-corrected chi connectivity index (χ0v) is 15.4. The van der Waals surface area contributed by atoms with Crippen LogP contribution in [-0.4, -0.2) is 25.6 Å². The minimum absolute atomic E-state index is 0.282. The van der Waals surface area contributed by atoms with Crippen molar-refractivity contribution in [3.05, 3.63) is 57.0 Å². The van der Waals surface area contributed by atoms with Gasteiger partial charge in [-0.1, -0.05) is 11.6 Å². The van der Waals surface area contributed by atoms with E-state index in [-0.39, 0.29) is 5.56 Å². The summed E-state index contributed by atoms with van der Waals surface area (Å²) in [5.41, 5.74) is 1.71. The first-order chi connectivity index (χ1) is 11.4. The van der Waals surface area contributed by atoms with Crippen molar-refractivity contribution in [2.24, 2.45) is 0 Å². The van der Waals surface area contributed by atoms with Crippen LogP contribution in [0.2, 0.25) is 5.02 Å². The smallest absolute Gasteiger partial charge is 0.339 e. The predicted octanol–water partition coefficient (Wildman–Crippen LogP) is 4.22. The van der Waals surface area contributed by atoms with E-state index in [1.165, 1.54) is 13.2 Å². The van der Waals surface area contributed by atoms with E-state index < -0.39 is 18.5 Å². The van der Waals surface area contributed by atoms with Crippen LogP contribution in [0.5, 0.6) is 5.75 Å². The number of halogens is 2. The summed E-state index contributed by atoms with van der Waals surface area (Å²) < 4.78 is 10.7. The van der Waals surface area contributed by atoms with Crippen LogP contribution in [0.25, 0.3) is 0 Å². The molecule has 1 amide bonds. The number of carbonyl (C=O) groups is 2. The van der Waals surface area contributed by atoms with Gasteiger partial charge in [-0.05, 0) is 64.8 Å². The molecule has 0 atom stereocenters. The summed E-state index contributed by atoms with van der Waals surface area (Å²) in [6.07, 6.45) is 0. The van der Waals surface area contributed by atoms with E-state index in [9.17, 15) is 9.59 Å². The lowest BCUT2D eigenvalue weighted by Crippen LogP contribution is -2.21. The van der Waals surface area contributed by atoms with Crippen molar-refractivity contribution in [2.75, 3.05) is 19.0 Å². The lowest BCUT2D eigenvalue weighted by atomic mass is 10.2. The molecule has 0 aliphatic carbocycles. The fourth-order valence-electron chi connectivity index (χ4n) is 1.95. The van der Waals surface area contributed by atoms with Crippen LogP contribution >= 0.6 is 27.5 Å². The number of carbonyl (C=O) groups excluding carboxylic acids is 2. The van der Waals surface area contributed by atoms with Crippen molar-refractivity contribution in [1.29, 1.82) is 0 Å². The number of amides is 1. The number of hydrogen-bond acceptors (Lipinski definition) is 4. The molecule has 2 rings (SSSR count). The van der Waals surface area contributed by atoms with Crippen LogP contribution in [0.4, 0.5) is 5.69 Å². The zero-order valence-electron chi connectivity index (χ0n) is 13.1. The highest BCUT2D eigenvalue weighted by Gasteiger charge is 2.15. The number of rotatable bonds is 5. The first-order valence-corrected chi connectivity index (χ1v) is 8.14. The average molecular weight is 413 g/mol. The summed E-state index contributed by atoms with van der Waals surface area (Å²) in [7, 11) is 1.50. The lowest BCUT2D eigenvalue weighted by molar-refractivity contribution is -0.119. The van der Waals surface area contributed by atoms with Crippen molar-refractivity contribution in [1.82, 2.24) is 0 Å². The van der Waals surface area contributed by atoms with E-state index in [0.29, 0.717) is 20.9 Å². The summed E-state index contributed by atoms with van der Waals surface area (Å²) in [5.74, 6) is -0.539. The Bertz CT molecular complexity index is 779. The molecule has 0 fully saturated rings. The molecule has 0 radical (unpaired) electrons. The van der Waals surface area contributed by atoms with E-state index in [0.717, 1.165) is 5.56 Å². The molecule has 0 aliphatic heterocycles. The second-order valence-electron chi connectivity index (χ2n) is 4.93. The van der Waals surface area contributed by atoms with Crippen molar-refractivity contribution < 1.29 is 19.1 Å². The van der Waals surface area contributed by atoms with E-state index in [1.54, 1.807) is 30.3 Å². The summed E-state index contributed by atoms with van der Waals surface area (Å²) in [6.45, 7) is 1.42. The second-order valence-corrected chi connectivity index (χ2v) is 6.22. The van der Waals surface area contributed by atoms with Crippen molar-refractivity contribution >= 4 is 45.1 Å². The molecule has 0 spiro atoms. The third kappa shape index (κ3) is 4.72. The summed E-state index contributed by atoms with van der Waals surface area (Å²) in [6, 6.07) is 10.0. The molecular formula is C17H15BrClNO4. The maximum absolute atomic E-state index is 12.1. The fraction of sp³-hybridized carbons (Fsp3) is 0.176. The molecular weight excluding hydrogens is 398 g/mol. The van der Waals surface area contributed by atoms with Crippen molar-refractivity contribution in [2.45, 2.75) is 6.92 Å². The third-order valence-electron chi connectivity index (χ3n) is 3.19. The molecule has 2 aromatic rings. The SMILES string of the molecule is COc1ccc(Br)c(C(=O)OCC(=O)Nc2ccc(Cl)cc2C)c1. The molecule has 0 bridgehead atoms. The molecule has 7 heteroatoms. The number of methoxy groups -OCH3 is 1. The molecule has 0 aromatic heterocycles. The van der Waals surface area contributed by atoms with Gasteiger partial charge in [0, 0.05) is 15.2 Å². The van der Waals surface area contributed by atoms with Gasteiger partial charge in [-0.2, -0.15) is 0 Å². The maximum atomic E-state index is 12.1. The monoisotopic (exact) mass is 411 g/mol. The molecule has 0 aliphatic rings. The minimum Gasteiger partial charge on any atom is -0.497 e. The van der Waals surface area contributed by atoms with E-state index >= 15 is 0 Å². The molecule has 5 nitrogen and oxygen atoms in total. The predicted molar refractivity (Wildman–Crippen MR) is 95.8 cm³/mol. The van der Waals surface area contributed by atoms with Gasteiger partial charge in [-0.25, -0.2) is 4.79 Å². The Labute approximate surface area is 153 Å². The quantitative estimate of drug-likeness (QED) is 0.747. The Morgan fingerprint density at radius 1 is 1.21 bits per heavy atom. The highest BCUT2D eigenvalue weighted by Crippen LogP contribution is 2.23. The van der Waals surface area contributed by atoms with Gasteiger partial charge in [-0.15, -0.1) is 0 Å². The topological polar surface area (TPSA) is 64.6 Å². The molecule has 24 heavy (non-hydrogen) atoms. The van der Waals surface area contributed by atoms with Gasteiger partial charge in [0.1, 0.15) is 5.75 Å². The maximum Gasteiger partial charge on any atom is 0.339 e. The zero-order chi connectivity index (χ0) is 17.7. The number of aryl methyl sites for hydroxylation is 1. The first-order valence-electron chi connectivity index (χ1n) is 6.97. The lowest BCUT2D eigenvalue weighted by Gasteiger charge is -2.10. The Morgan fingerprint density at radius 3 is 2.62 bits per heavy atom. The van der Waals surface area contributed by atoms with Crippen molar-refractivity contribution in [3.8, 4) is 5.75 Å². The van der Waals surface area contributed by atoms with Gasteiger partial charge < -0.3 is 14.8 Å². The van der Waals surface area contributed by atoms with Crippen LogP contribution in [-0.2, 0) is 9.53 Å². The summed E-state index contributed by atoms with van der Waals surface area (Å²) in [4.78, 5) is 24.0. The number of hydrogen-bond donors (Lipinski definition) is 1. The first kappa shape index (κ1) is 18.3. The Morgan fingerprint density at radius 2 is 1.96 bits per heavy atom. The van der Waals surface area contributed by atoms with E-state index in [2.05, 4.69) is 21.2 Å². The standard InChI is InChI=1S/C17H15BrClNO4/c1-10-7-11(19)3-6-15(10)20-16(21)9-24-17(22)13-8-12(23-2)4-5-14(13)18/h3-8H,9H2,1-2H3,(H,20,21). The second kappa shape index (κ2) is 8.17. The van der Waals surface area contributed by atoms with E-state index in [1.807, 2.05) is 6.92 Å². The van der Waals surface area contributed by atoms with Gasteiger partial charge in [0.15, 0.2) is 6.61 Å². The molecule has 0 heterocycles. The number of anilines is 1. The van der Waals surface area contributed by atoms with Crippen LogP contribution in [0.1, 0.15) is 15.9 Å². The minimum atomic E-state index is -0.622. The van der Waals surface area contributed by atoms with Gasteiger partial charge >= 0.3 is 5.97 Å². The van der Waals surface area contributed by atoms with Gasteiger partial charge in [0.25, 0.3) is 5.91 Å². The number of ether oxygens (including phenoxy) is 2. The van der Waals surface area contributed by atoms with Crippen molar-refractivity contribution in [3.63, 3.8) is 0 Å². The van der Waals surface area contributed by atoms with E-state index in [4.69, 9.17) is 21.1 Å². The molecule has 2 aromatic carbocycles. The number of esters is 1. The largest absolute Gasteiger partial charge is 0.497 e. The highest BCUT2D eigenvalue weighted by atomic mass is 79.9. The molecule has 1 N–H and O–H groups in total. The number of benzene rings is 2. The van der Waals surface area contributed by atoms with Crippen LogP contribution in [0, 0.1) is 6.92 Å². The van der Waals surface area contributed by atoms with Crippen LogP contribution < -0.4 is 10.1 Å². The van der Waals surface area contributed by atoms with Gasteiger partial charge in [-0.3, -0.25) is 4.79 Å². The summed E-state index contributed by atoms with van der Waals surface area (Å²) >= 11 is 9.13. The van der Waals surface area contributed by atoms with Crippen LogP contribution in [0.15, 0.2) is 40.9 Å². The average Bonchev–Trinajstić information content (AvgIpc) is 2.55. The van der Waals surface area contributed by atoms with Gasteiger partial charge in [0.2, 0.25) is 0 Å². The molecule has 0 saturated heterocycles. The normalized spacial score (nSPS) is 10.2. The Balaban J connectivity index is 1.97. The van der Waals surface area contributed by atoms with Crippen LogP contribution in [0.3, 0.4) is 0 Å². The summed E-state index contributed by atoms with van der Waals surface area (Å²) in [5, 5.41) is 3.25.